The van der Waals surface area contributed by atoms with Gasteiger partial charge in [0.15, 0.2) is 0 Å². The number of ether oxygens (including phenoxy) is 2. The van der Waals surface area contributed by atoms with Gasteiger partial charge in [-0.1, -0.05) is 19.1 Å². The average Bonchev–Trinajstić information content (AvgIpc) is 2.70. The molecule has 1 aliphatic heterocycles. The van der Waals surface area contributed by atoms with Crippen molar-refractivity contribution >= 4 is 5.78 Å². The van der Waals surface area contributed by atoms with Gasteiger partial charge in [-0.05, 0) is 43.9 Å². The summed E-state index contributed by atoms with van der Waals surface area (Å²) >= 11 is 0. The van der Waals surface area contributed by atoms with Crippen LogP contribution >= 0.6 is 0 Å². The number of rotatable bonds is 5. The van der Waals surface area contributed by atoms with Crippen molar-refractivity contribution in [3.8, 4) is 5.75 Å². The highest BCUT2D eigenvalue weighted by Crippen LogP contribution is 2.33. The normalized spacial score (nSPS) is 29.4. The zero-order chi connectivity index (χ0) is 14.7. The Hall–Kier alpha value is -1.35. The molecule has 3 nitrogen and oxygen atoms in total. The predicted octanol–water partition coefficient (Wildman–Crippen LogP) is 3.26. The van der Waals surface area contributed by atoms with E-state index in [-0.39, 0.29) is 18.1 Å². The molecular formula is C17H24O3. The van der Waals surface area contributed by atoms with E-state index >= 15 is 0 Å². The maximum atomic E-state index is 12.4. The van der Waals surface area contributed by atoms with Gasteiger partial charge in [0.1, 0.15) is 11.5 Å². The largest absolute Gasteiger partial charge is 0.497 e. The molecule has 20 heavy (non-hydrogen) atoms. The fourth-order valence-corrected chi connectivity index (χ4v) is 3.05. The van der Waals surface area contributed by atoms with Crippen molar-refractivity contribution in [3.63, 3.8) is 0 Å². The van der Waals surface area contributed by atoms with Crippen LogP contribution in [0.1, 0.15) is 32.8 Å². The fraction of sp³-hybridized carbons (Fsp3) is 0.588. The summed E-state index contributed by atoms with van der Waals surface area (Å²) in [5, 5.41) is 0. The van der Waals surface area contributed by atoms with Gasteiger partial charge in [0.05, 0.1) is 19.3 Å². The smallest absolute Gasteiger partial charge is 0.139 e. The number of hydrogen-bond acceptors (Lipinski definition) is 3. The Morgan fingerprint density at radius 1 is 1.15 bits per heavy atom. The van der Waals surface area contributed by atoms with Crippen LogP contribution in [0.15, 0.2) is 24.3 Å². The summed E-state index contributed by atoms with van der Waals surface area (Å²) in [6.45, 7) is 6.18. The van der Waals surface area contributed by atoms with Crippen molar-refractivity contribution in [2.75, 3.05) is 7.11 Å². The lowest BCUT2D eigenvalue weighted by Gasteiger charge is -2.17. The minimum atomic E-state index is 0.0447. The molecule has 110 valence electrons. The van der Waals surface area contributed by atoms with Crippen molar-refractivity contribution < 1.29 is 14.3 Å². The monoisotopic (exact) mass is 276 g/mol. The fourth-order valence-electron chi connectivity index (χ4n) is 3.05. The molecule has 0 spiro atoms. The maximum Gasteiger partial charge on any atom is 0.139 e. The van der Waals surface area contributed by atoms with Crippen LogP contribution in [0.5, 0.6) is 5.75 Å². The van der Waals surface area contributed by atoms with E-state index in [4.69, 9.17) is 9.47 Å². The van der Waals surface area contributed by atoms with Crippen LogP contribution in [0.2, 0.25) is 0 Å². The van der Waals surface area contributed by atoms with E-state index in [1.165, 1.54) is 5.56 Å². The molecular weight excluding hydrogens is 252 g/mol. The second kappa shape index (κ2) is 6.40. The topological polar surface area (TPSA) is 35.5 Å². The Balaban J connectivity index is 1.91. The molecule has 0 amide bonds. The highest BCUT2D eigenvalue weighted by Gasteiger charge is 2.40. The Bertz CT molecular complexity index is 452. The van der Waals surface area contributed by atoms with Gasteiger partial charge >= 0.3 is 0 Å². The molecule has 1 fully saturated rings. The van der Waals surface area contributed by atoms with Gasteiger partial charge in [0.25, 0.3) is 0 Å². The Labute approximate surface area is 121 Å². The first-order chi connectivity index (χ1) is 9.52. The average molecular weight is 276 g/mol. The summed E-state index contributed by atoms with van der Waals surface area (Å²) in [4.78, 5) is 12.4. The van der Waals surface area contributed by atoms with Gasteiger partial charge in [-0.3, -0.25) is 4.79 Å². The summed E-state index contributed by atoms with van der Waals surface area (Å²) in [7, 11) is 1.66. The number of methoxy groups -OCH3 is 1. The van der Waals surface area contributed by atoms with Crippen molar-refractivity contribution in [2.24, 2.45) is 11.8 Å². The van der Waals surface area contributed by atoms with E-state index in [1.807, 2.05) is 31.2 Å². The lowest BCUT2D eigenvalue weighted by molar-refractivity contribution is -0.125. The maximum absolute atomic E-state index is 12.4. The number of carbonyl (C=O) groups is 1. The third-order valence-electron chi connectivity index (χ3n) is 4.43. The number of aryl methyl sites for hydroxylation is 1. The SMILES string of the molecule is COc1ccc(CCC(=O)C2C(C)OC(C)C2C)cc1. The summed E-state index contributed by atoms with van der Waals surface area (Å²) in [6.07, 6.45) is 1.60. The number of hydrogen-bond donors (Lipinski definition) is 0. The summed E-state index contributed by atoms with van der Waals surface area (Å²) in [5.74, 6) is 1.53. The summed E-state index contributed by atoms with van der Waals surface area (Å²) in [5.41, 5.74) is 1.17. The Kier molecular flexibility index (Phi) is 4.81. The van der Waals surface area contributed by atoms with Crippen LogP contribution in [-0.2, 0) is 16.0 Å². The van der Waals surface area contributed by atoms with Crippen molar-refractivity contribution in [2.45, 2.75) is 45.8 Å². The van der Waals surface area contributed by atoms with Crippen molar-refractivity contribution in [1.82, 2.24) is 0 Å². The zero-order valence-electron chi connectivity index (χ0n) is 12.8. The molecule has 0 saturated carbocycles. The van der Waals surface area contributed by atoms with Gasteiger partial charge in [-0.25, -0.2) is 0 Å². The van der Waals surface area contributed by atoms with E-state index < -0.39 is 0 Å². The first-order valence-electron chi connectivity index (χ1n) is 7.34. The van der Waals surface area contributed by atoms with Crippen LogP contribution in [0.3, 0.4) is 0 Å². The molecule has 4 unspecified atom stereocenters. The van der Waals surface area contributed by atoms with Gasteiger partial charge in [-0.15, -0.1) is 0 Å². The molecule has 4 atom stereocenters. The van der Waals surface area contributed by atoms with E-state index in [0.717, 1.165) is 12.2 Å². The Morgan fingerprint density at radius 3 is 2.30 bits per heavy atom. The van der Waals surface area contributed by atoms with E-state index in [2.05, 4.69) is 13.8 Å². The number of carbonyl (C=O) groups excluding carboxylic acids is 1. The van der Waals surface area contributed by atoms with Crippen LogP contribution in [0, 0.1) is 11.8 Å². The van der Waals surface area contributed by atoms with E-state index in [9.17, 15) is 4.79 Å². The molecule has 0 aliphatic carbocycles. The van der Waals surface area contributed by atoms with Gasteiger partial charge in [-0.2, -0.15) is 0 Å². The molecule has 0 aromatic heterocycles. The highest BCUT2D eigenvalue weighted by atomic mass is 16.5. The second-order valence-electron chi connectivity index (χ2n) is 5.75. The van der Waals surface area contributed by atoms with Crippen LogP contribution in [0.25, 0.3) is 0 Å². The van der Waals surface area contributed by atoms with Crippen LogP contribution in [-0.4, -0.2) is 25.1 Å². The van der Waals surface area contributed by atoms with E-state index in [1.54, 1.807) is 7.11 Å². The third-order valence-corrected chi connectivity index (χ3v) is 4.43. The van der Waals surface area contributed by atoms with Crippen LogP contribution in [0.4, 0.5) is 0 Å². The molecule has 1 aromatic rings. The molecule has 0 radical (unpaired) electrons. The summed E-state index contributed by atoms with van der Waals surface area (Å²) in [6, 6.07) is 7.91. The molecule has 1 aromatic carbocycles. The molecule has 2 rings (SSSR count). The Morgan fingerprint density at radius 2 is 1.80 bits per heavy atom. The minimum absolute atomic E-state index is 0.0447. The standard InChI is InChI=1S/C17H24O3/c1-11-12(2)20-13(3)17(11)16(18)10-7-14-5-8-15(19-4)9-6-14/h5-6,8-9,11-13,17H,7,10H2,1-4H3. The molecule has 1 heterocycles. The minimum Gasteiger partial charge on any atom is -0.497 e. The first kappa shape index (κ1) is 15.0. The number of Topliss-reactive ketones (excluding diaryl/α,β-unsaturated/α-hetero) is 1. The highest BCUT2D eigenvalue weighted by molar-refractivity contribution is 5.82. The third kappa shape index (κ3) is 3.21. The molecule has 1 aliphatic rings. The van der Waals surface area contributed by atoms with E-state index in [0.29, 0.717) is 18.1 Å². The number of benzene rings is 1. The lowest BCUT2D eigenvalue weighted by atomic mass is 9.84. The van der Waals surface area contributed by atoms with Crippen LogP contribution < -0.4 is 4.74 Å². The number of ketones is 1. The molecule has 1 saturated heterocycles. The molecule has 0 bridgehead atoms. The van der Waals surface area contributed by atoms with Gasteiger partial charge < -0.3 is 9.47 Å². The summed E-state index contributed by atoms with van der Waals surface area (Å²) < 4.78 is 10.9. The van der Waals surface area contributed by atoms with Crippen molar-refractivity contribution in [1.29, 1.82) is 0 Å². The lowest BCUT2D eigenvalue weighted by Crippen LogP contribution is -2.27. The van der Waals surface area contributed by atoms with Gasteiger partial charge in [0, 0.05) is 12.3 Å². The van der Waals surface area contributed by atoms with Gasteiger partial charge in [0.2, 0.25) is 0 Å². The second-order valence-corrected chi connectivity index (χ2v) is 5.75. The predicted molar refractivity (Wildman–Crippen MR) is 79.0 cm³/mol. The quantitative estimate of drug-likeness (QED) is 0.828. The molecule has 0 N–H and O–H groups in total. The molecule has 3 heteroatoms. The zero-order valence-corrected chi connectivity index (χ0v) is 12.8. The first-order valence-corrected chi connectivity index (χ1v) is 7.34. The van der Waals surface area contributed by atoms with Crippen molar-refractivity contribution in [3.05, 3.63) is 29.8 Å².